The third-order valence-electron chi connectivity index (χ3n) is 5.57. The van der Waals surface area contributed by atoms with Crippen LogP contribution in [-0.2, 0) is 0 Å². The summed E-state index contributed by atoms with van der Waals surface area (Å²) in [5, 5.41) is 12.3. The number of aromatic nitrogens is 1. The summed E-state index contributed by atoms with van der Waals surface area (Å²) in [4.78, 5) is 26.0. The number of anilines is 2. The van der Waals surface area contributed by atoms with Crippen LogP contribution >= 0.6 is 0 Å². The van der Waals surface area contributed by atoms with E-state index in [1.807, 2.05) is 0 Å². The summed E-state index contributed by atoms with van der Waals surface area (Å²) in [5.74, 6) is -4.26. The Bertz CT molecular complexity index is 1280. The Kier molecular flexibility index (Phi) is 5.10. The van der Waals surface area contributed by atoms with E-state index in [9.17, 15) is 27.9 Å². The second kappa shape index (κ2) is 7.62. The number of fused-ring (bicyclic) bond motifs is 1. The van der Waals surface area contributed by atoms with E-state index in [-0.39, 0.29) is 34.0 Å². The number of rotatable bonds is 4. The van der Waals surface area contributed by atoms with E-state index in [4.69, 9.17) is 5.73 Å². The van der Waals surface area contributed by atoms with E-state index < -0.39 is 34.4 Å². The molecule has 0 amide bonds. The molecule has 4 rings (SSSR count). The van der Waals surface area contributed by atoms with Crippen LogP contribution in [0.25, 0.3) is 16.6 Å². The molecule has 0 radical (unpaired) electrons. The van der Waals surface area contributed by atoms with Gasteiger partial charge in [0.2, 0.25) is 5.43 Å². The van der Waals surface area contributed by atoms with Crippen molar-refractivity contribution in [1.82, 2.24) is 9.88 Å². The van der Waals surface area contributed by atoms with Crippen LogP contribution in [0.2, 0.25) is 0 Å². The van der Waals surface area contributed by atoms with Gasteiger partial charge in [0.25, 0.3) is 0 Å². The lowest BCUT2D eigenvalue weighted by Crippen LogP contribution is -2.30. The van der Waals surface area contributed by atoms with E-state index in [1.165, 1.54) is 6.07 Å². The summed E-state index contributed by atoms with van der Waals surface area (Å²) >= 11 is 0. The molecule has 7 nitrogen and oxygen atoms in total. The third-order valence-corrected chi connectivity index (χ3v) is 5.57. The predicted octanol–water partition coefficient (Wildman–Crippen LogP) is 2.49. The number of carboxylic acids is 1. The topological polar surface area (TPSA) is 101 Å². The number of nitrogens with zero attached hydrogens (tertiary/aromatic N) is 2. The number of pyridine rings is 1. The van der Waals surface area contributed by atoms with Crippen molar-refractivity contribution in [2.75, 3.05) is 30.8 Å². The summed E-state index contributed by atoms with van der Waals surface area (Å²) in [6.07, 6.45) is 1.71. The SMILES string of the molecule is CNC1CCN(c2cc3c(cc2F)c(=O)c(C(=O)O)cn3-c2cc(N)c(F)cc2F)C1. The maximum Gasteiger partial charge on any atom is 0.341 e. The van der Waals surface area contributed by atoms with Gasteiger partial charge in [-0.15, -0.1) is 0 Å². The zero-order chi connectivity index (χ0) is 22.4. The lowest BCUT2D eigenvalue weighted by atomic mass is 10.1. The van der Waals surface area contributed by atoms with Crippen LogP contribution < -0.4 is 21.4 Å². The van der Waals surface area contributed by atoms with Crippen LogP contribution in [0.3, 0.4) is 0 Å². The van der Waals surface area contributed by atoms with Crippen molar-refractivity contribution < 1.29 is 23.1 Å². The minimum atomic E-state index is -1.56. The molecule has 0 saturated carbocycles. The predicted molar refractivity (Wildman–Crippen MR) is 110 cm³/mol. The molecule has 1 aliphatic rings. The fourth-order valence-corrected chi connectivity index (χ4v) is 3.88. The summed E-state index contributed by atoms with van der Waals surface area (Å²) in [7, 11) is 1.80. The fourth-order valence-electron chi connectivity index (χ4n) is 3.88. The first-order chi connectivity index (χ1) is 14.7. The first-order valence-electron chi connectivity index (χ1n) is 9.50. The summed E-state index contributed by atoms with van der Waals surface area (Å²) < 4.78 is 44.3. The highest BCUT2D eigenvalue weighted by Crippen LogP contribution is 2.30. The molecule has 1 saturated heterocycles. The monoisotopic (exact) mass is 432 g/mol. The highest BCUT2D eigenvalue weighted by atomic mass is 19.1. The average molecular weight is 432 g/mol. The van der Waals surface area contributed by atoms with Crippen LogP contribution in [0, 0.1) is 17.5 Å². The zero-order valence-corrected chi connectivity index (χ0v) is 16.5. The van der Waals surface area contributed by atoms with E-state index in [1.54, 1.807) is 11.9 Å². The van der Waals surface area contributed by atoms with Crippen molar-refractivity contribution in [1.29, 1.82) is 0 Å². The Hall–Kier alpha value is -3.53. The van der Waals surface area contributed by atoms with Gasteiger partial charge in [0, 0.05) is 36.8 Å². The maximum atomic E-state index is 14.9. The van der Waals surface area contributed by atoms with Crippen LogP contribution in [0.5, 0.6) is 0 Å². The minimum Gasteiger partial charge on any atom is -0.477 e. The molecule has 1 aliphatic heterocycles. The van der Waals surface area contributed by atoms with Gasteiger partial charge in [-0.05, 0) is 31.7 Å². The maximum absolute atomic E-state index is 14.9. The molecule has 1 unspecified atom stereocenters. The van der Waals surface area contributed by atoms with E-state index in [0.717, 1.165) is 29.3 Å². The van der Waals surface area contributed by atoms with Crippen LogP contribution in [-0.4, -0.2) is 41.8 Å². The lowest BCUT2D eigenvalue weighted by Gasteiger charge is -2.21. The van der Waals surface area contributed by atoms with Gasteiger partial charge in [-0.1, -0.05) is 0 Å². The molecule has 2 aromatic carbocycles. The largest absolute Gasteiger partial charge is 0.477 e. The number of carbonyl (C=O) groups is 1. The molecule has 0 aliphatic carbocycles. The van der Waals surface area contributed by atoms with Gasteiger partial charge in [-0.2, -0.15) is 0 Å². The zero-order valence-electron chi connectivity index (χ0n) is 16.5. The number of hydrogen-bond donors (Lipinski definition) is 3. The molecule has 3 aromatic rings. The molecular weight excluding hydrogens is 413 g/mol. The number of nitrogens with two attached hydrogens (primary N) is 1. The molecule has 1 atom stereocenters. The van der Waals surface area contributed by atoms with Gasteiger partial charge in [0.05, 0.1) is 22.6 Å². The van der Waals surface area contributed by atoms with Crippen LogP contribution in [0.15, 0.2) is 35.3 Å². The van der Waals surface area contributed by atoms with E-state index in [2.05, 4.69) is 5.32 Å². The summed E-state index contributed by atoms with van der Waals surface area (Å²) in [5.41, 5.74) is 3.62. The number of nitrogens with one attached hydrogen (secondary N) is 1. The normalized spacial score (nSPS) is 16.3. The Morgan fingerprint density at radius 3 is 2.48 bits per heavy atom. The number of likely N-dealkylation sites (N-methyl/N-ethyl adjacent to an activating group) is 1. The van der Waals surface area contributed by atoms with E-state index >= 15 is 0 Å². The molecule has 162 valence electrons. The van der Waals surface area contributed by atoms with E-state index in [0.29, 0.717) is 19.2 Å². The van der Waals surface area contributed by atoms with Crippen molar-refractivity contribution >= 4 is 28.2 Å². The molecule has 4 N–H and O–H groups in total. The number of nitrogen functional groups attached to an aromatic ring is 1. The standard InChI is InChI=1S/C21H19F3N4O3/c1-26-10-2-3-27(8-10)18-7-17-11(4-14(18)23)20(29)12(21(30)31)9-28(17)19-6-16(25)13(22)5-15(19)24/h4-7,9-10,26H,2-3,8,25H2,1H3,(H,30,31). The van der Waals surface area contributed by atoms with Crippen LogP contribution in [0.1, 0.15) is 16.8 Å². The number of benzene rings is 2. The van der Waals surface area contributed by atoms with Crippen molar-refractivity contribution in [3.8, 4) is 5.69 Å². The first-order valence-corrected chi connectivity index (χ1v) is 9.50. The summed E-state index contributed by atoms with van der Waals surface area (Å²) in [6, 6.07) is 4.04. The second-order valence-corrected chi connectivity index (χ2v) is 7.41. The average Bonchev–Trinajstić information content (AvgIpc) is 3.20. The smallest absolute Gasteiger partial charge is 0.341 e. The minimum absolute atomic E-state index is 0.0733. The van der Waals surface area contributed by atoms with Gasteiger partial charge >= 0.3 is 5.97 Å². The molecule has 10 heteroatoms. The summed E-state index contributed by atoms with van der Waals surface area (Å²) in [6.45, 7) is 1.08. The van der Waals surface area contributed by atoms with Crippen LogP contribution in [0.4, 0.5) is 24.5 Å². The number of halogens is 3. The highest BCUT2D eigenvalue weighted by molar-refractivity contribution is 5.94. The van der Waals surface area contributed by atoms with Gasteiger partial charge in [-0.25, -0.2) is 18.0 Å². The fraction of sp³-hybridized carbons (Fsp3) is 0.238. The van der Waals surface area contributed by atoms with Gasteiger partial charge in [-0.3, -0.25) is 4.79 Å². The van der Waals surface area contributed by atoms with Gasteiger partial charge < -0.3 is 25.6 Å². The Labute approximate surface area is 174 Å². The lowest BCUT2D eigenvalue weighted by molar-refractivity contribution is 0.0695. The third kappa shape index (κ3) is 3.48. The van der Waals surface area contributed by atoms with Gasteiger partial charge in [0.1, 0.15) is 23.0 Å². The quantitative estimate of drug-likeness (QED) is 0.548. The number of aromatic carboxylic acids is 1. The number of carboxylic acid groups (broad SMARTS) is 1. The van der Waals surface area contributed by atoms with Crippen molar-refractivity contribution in [2.24, 2.45) is 0 Å². The molecular formula is C21H19F3N4O3. The van der Waals surface area contributed by atoms with Crippen molar-refractivity contribution in [3.63, 3.8) is 0 Å². The first kappa shape index (κ1) is 20.7. The molecule has 0 bridgehead atoms. The second-order valence-electron chi connectivity index (χ2n) is 7.41. The molecule has 31 heavy (non-hydrogen) atoms. The number of hydrogen-bond acceptors (Lipinski definition) is 5. The Morgan fingerprint density at radius 1 is 1.13 bits per heavy atom. The Morgan fingerprint density at radius 2 is 1.84 bits per heavy atom. The van der Waals surface area contributed by atoms with Crippen molar-refractivity contribution in [3.05, 3.63) is 63.7 Å². The molecule has 0 spiro atoms. The molecule has 2 heterocycles. The van der Waals surface area contributed by atoms with Gasteiger partial charge in [0.15, 0.2) is 0 Å². The Balaban J connectivity index is 2.03. The highest BCUT2D eigenvalue weighted by Gasteiger charge is 2.26. The molecule has 1 fully saturated rings. The van der Waals surface area contributed by atoms with Crippen molar-refractivity contribution in [2.45, 2.75) is 12.5 Å². The molecule has 1 aromatic heterocycles.